The van der Waals surface area contributed by atoms with Crippen LogP contribution in [0.1, 0.15) is 12.5 Å². The minimum atomic E-state index is -3.66. The highest BCUT2D eigenvalue weighted by Crippen LogP contribution is 2.29. The highest BCUT2D eigenvalue weighted by atomic mass is 32.2. The number of amides is 1. The van der Waals surface area contributed by atoms with Gasteiger partial charge in [-0.2, -0.15) is 0 Å². The van der Waals surface area contributed by atoms with Gasteiger partial charge in [0.05, 0.1) is 31.8 Å². The van der Waals surface area contributed by atoms with Crippen LogP contribution >= 0.6 is 0 Å². The van der Waals surface area contributed by atoms with Crippen LogP contribution in [0.15, 0.2) is 54.6 Å². The lowest BCUT2D eigenvalue weighted by atomic mass is 10.2. The molecule has 28 heavy (non-hydrogen) atoms. The van der Waals surface area contributed by atoms with E-state index in [9.17, 15) is 13.2 Å². The first kappa shape index (κ1) is 21.7. The number of benzene rings is 2. The lowest BCUT2D eigenvalue weighted by molar-refractivity contribution is -0.119. The SMILES string of the molecule is CCOc1ccccc1N(CC(=O)NCCOCc1ccccc1)S(C)(=O)=O. The Labute approximate surface area is 166 Å². The normalized spacial score (nSPS) is 11.1. The van der Waals surface area contributed by atoms with E-state index in [0.717, 1.165) is 16.1 Å². The summed E-state index contributed by atoms with van der Waals surface area (Å²) in [5.41, 5.74) is 1.38. The molecule has 0 aromatic heterocycles. The summed E-state index contributed by atoms with van der Waals surface area (Å²) in [7, 11) is -3.66. The van der Waals surface area contributed by atoms with Gasteiger partial charge in [-0.1, -0.05) is 42.5 Å². The van der Waals surface area contributed by atoms with Gasteiger partial charge in [0.1, 0.15) is 12.3 Å². The van der Waals surface area contributed by atoms with Gasteiger partial charge in [-0.25, -0.2) is 8.42 Å². The summed E-state index contributed by atoms with van der Waals surface area (Å²) in [5.74, 6) is -0.00513. The molecule has 0 atom stereocenters. The van der Waals surface area contributed by atoms with Gasteiger partial charge in [-0.3, -0.25) is 9.10 Å². The van der Waals surface area contributed by atoms with Crippen LogP contribution in [-0.2, 0) is 26.2 Å². The number of ether oxygens (including phenoxy) is 2. The molecule has 8 heteroatoms. The average Bonchev–Trinajstić information content (AvgIpc) is 2.67. The van der Waals surface area contributed by atoms with E-state index >= 15 is 0 Å². The molecule has 2 rings (SSSR count). The van der Waals surface area contributed by atoms with Gasteiger partial charge in [0.25, 0.3) is 0 Å². The predicted molar refractivity (Wildman–Crippen MR) is 109 cm³/mol. The molecule has 0 unspecified atom stereocenters. The zero-order chi connectivity index (χ0) is 20.4. The molecule has 0 saturated carbocycles. The van der Waals surface area contributed by atoms with Gasteiger partial charge in [0, 0.05) is 6.54 Å². The molecule has 0 bridgehead atoms. The van der Waals surface area contributed by atoms with Crippen molar-refractivity contribution in [3.63, 3.8) is 0 Å². The third-order valence-electron chi connectivity index (χ3n) is 3.80. The standard InChI is InChI=1S/C20H26N2O5S/c1-3-27-19-12-8-7-11-18(19)22(28(2,24)25)15-20(23)21-13-14-26-16-17-9-5-4-6-10-17/h4-12H,3,13-16H2,1-2H3,(H,21,23). The third-order valence-corrected chi connectivity index (χ3v) is 4.93. The largest absolute Gasteiger partial charge is 0.492 e. The lowest BCUT2D eigenvalue weighted by Gasteiger charge is -2.24. The summed E-state index contributed by atoms with van der Waals surface area (Å²) in [6.45, 7) is 2.93. The van der Waals surface area contributed by atoms with Crippen molar-refractivity contribution in [2.24, 2.45) is 0 Å². The number of carbonyl (C=O) groups excluding carboxylic acids is 1. The lowest BCUT2D eigenvalue weighted by Crippen LogP contribution is -2.41. The molecule has 1 N–H and O–H groups in total. The van der Waals surface area contributed by atoms with E-state index in [1.165, 1.54) is 0 Å². The fourth-order valence-electron chi connectivity index (χ4n) is 2.54. The molecule has 1 amide bonds. The van der Waals surface area contributed by atoms with Crippen LogP contribution in [0, 0.1) is 0 Å². The van der Waals surface area contributed by atoms with Gasteiger partial charge in [0.2, 0.25) is 15.9 Å². The average molecular weight is 407 g/mol. The van der Waals surface area contributed by atoms with E-state index in [-0.39, 0.29) is 13.1 Å². The maximum atomic E-state index is 12.3. The molecule has 2 aromatic rings. The van der Waals surface area contributed by atoms with Crippen LogP contribution in [-0.4, -0.2) is 46.9 Å². The van der Waals surface area contributed by atoms with Gasteiger partial charge in [-0.05, 0) is 24.6 Å². The number of rotatable bonds is 11. The molecular weight excluding hydrogens is 380 g/mol. The smallest absolute Gasteiger partial charge is 0.240 e. The molecular formula is C20H26N2O5S. The zero-order valence-electron chi connectivity index (χ0n) is 16.1. The Morgan fingerprint density at radius 3 is 2.43 bits per heavy atom. The van der Waals surface area contributed by atoms with Crippen molar-refractivity contribution in [2.75, 3.05) is 36.9 Å². The van der Waals surface area contributed by atoms with E-state index < -0.39 is 15.9 Å². The number of sulfonamides is 1. The number of carbonyl (C=O) groups is 1. The Morgan fingerprint density at radius 1 is 1.07 bits per heavy atom. The number of anilines is 1. The van der Waals surface area contributed by atoms with Crippen LogP contribution in [0.5, 0.6) is 5.75 Å². The fraction of sp³-hybridized carbons (Fsp3) is 0.350. The summed E-state index contributed by atoms with van der Waals surface area (Å²) >= 11 is 0. The Kier molecular flexibility index (Phi) is 8.28. The quantitative estimate of drug-likeness (QED) is 0.578. The molecule has 0 aliphatic rings. The van der Waals surface area contributed by atoms with Crippen molar-refractivity contribution >= 4 is 21.6 Å². The van der Waals surface area contributed by atoms with Crippen LogP contribution in [0.4, 0.5) is 5.69 Å². The molecule has 0 heterocycles. The molecule has 2 aromatic carbocycles. The van der Waals surface area contributed by atoms with Crippen LogP contribution < -0.4 is 14.4 Å². The van der Waals surface area contributed by atoms with Crippen molar-refractivity contribution in [1.82, 2.24) is 5.32 Å². The molecule has 0 radical (unpaired) electrons. The first-order valence-electron chi connectivity index (χ1n) is 8.99. The number of hydrogen-bond donors (Lipinski definition) is 1. The maximum absolute atomic E-state index is 12.3. The van der Waals surface area contributed by atoms with Crippen LogP contribution in [0.2, 0.25) is 0 Å². The van der Waals surface area contributed by atoms with Crippen LogP contribution in [0.3, 0.4) is 0 Å². The van der Waals surface area contributed by atoms with Gasteiger partial charge < -0.3 is 14.8 Å². The summed E-state index contributed by atoms with van der Waals surface area (Å²) in [6.07, 6.45) is 1.06. The maximum Gasteiger partial charge on any atom is 0.240 e. The molecule has 0 fully saturated rings. The summed E-state index contributed by atoms with van der Waals surface area (Å²) in [4.78, 5) is 12.3. The number of para-hydroxylation sites is 2. The Hall–Kier alpha value is -2.58. The molecule has 0 aliphatic carbocycles. The number of nitrogens with zero attached hydrogens (tertiary/aromatic N) is 1. The highest BCUT2D eigenvalue weighted by molar-refractivity contribution is 7.92. The third kappa shape index (κ3) is 6.86. The van der Waals surface area contributed by atoms with E-state index in [0.29, 0.717) is 31.3 Å². The zero-order valence-corrected chi connectivity index (χ0v) is 16.9. The second-order valence-electron chi connectivity index (χ2n) is 6.06. The first-order chi connectivity index (χ1) is 13.4. The summed E-state index contributed by atoms with van der Waals surface area (Å²) in [5, 5.41) is 2.68. The number of nitrogens with one attached hydrogen (secondary N) is 1. The molecule has 0 saturated heterocycles. The minimum absolute atomic E-state index is 0.288. The monoisotopic (exact) mass is 406 g/mol. The summed E-state index contributed by atoms with van der Waals surface area (Å²) < 4.78 is 36.5. The van der Waals surface area contributed by atoms with E-state index in [1.54, 1.807) is 24.3 Å². The molecule has 152 valence electrons. The molecule has 0 spiro atoms. The van der Waals surface area contributed by atoms with Crippen molar-refractivity contribution in [2.45, 2.75) is 13.5 Å². The summed E-state index contributed by atoms with van der Waals surface area (Å²) in [6, 6.07) is 16.4. The second kappa shape index (κ2) is 10.7. The first-order valence-corrected chi connectivity index (χ1v) is 10.8. The van der Waals surface area contributed by atoms with Gasteiger partial charge in [0.15, 0.2) is 0 Å². The van der Waals surface area contributed by atoms with Gasteiger partial charge >= 0.3 is 0 Å². The van der Waals surface area contributed by atoms with Gasteiger partial charge in [-0.15, -0.1) is 0 Å². The van der Waals surface area contributed by atoms with Crippen LogP contribution in [0.25, 0.3) is 0 Å². The Balaban J connectivity index is 1.90. The van der Waals surface area contributed by atoms with Crippen molar-refractivity contribution in [3.05, 3.63) is 60.2 Å². The second-order valence-corrected chi connectivity index (χ2v) is 7.97. The topological polar surface area (TPSA) is 84.9 Å². The predicted octanol–water partition coefficient (Wildman–Crippen LogP) is 2.18. The van der Waals surface area contributed by atoms with E-state index in [1.807, 2.05) is 37.3 Å². The Morgan fingerprint density at radius 2 is 1.75 bits per heavy atom. The van der Waals surface area contributed by atoms with Crippen molar-refractivity contribution in [1.29, 1.82) is 0 Å². The molecule has 7 nitrogen and oxygen atoms in total. The minimum Gasteiger partial charge on any atom is -0.492 e. The molecule has 0 aliphatic heterocycles. The van der Waals surface area contributed by atoms with Crippen molar-refractivity contribution in [3.8, 4) is 5.75 Å². The number of hydrogen-bond acceptors (Lipinski definition) is 5. The highest BCUT2D eigenvalue weighted by Gasteiger charge is 2.23. The van der Waals surface area contributed by atoms with E-state index in [4.69, 9.17) is 9.47 Å². The fourth-order valence-corrected chi connectivity index (χ4v) is 3.39. The Bertz CT molecular complexity index is 856. The van der Waals surface area contributed by atoms with Crippen molar-refractivity contribution < 1.29 is 22.7 Å². The van der Waals surface area contributed by atoms with E-state index in [2.05, 4.69) is 5.32 Å².